The minimum absolute atomic E-state index is 0.232. The topological polar surface area (TPSA) is 51.7 Å². The van der Waals surface area contributed by atoms with Gasteiger partial charge in [-0.1, -0.05) is 48.0 Å². The van der Waals surface area contributed by atoms with Crippen molar-refractivity contribution < 1.29 is 14.3 Å². The number of ether oxygens (including phenoxy) is 2. The summed E-state index contributed by atoms with van der Waals surface area (Å²) < 4.78 is 11.2. The van der Waals surface area contributed by atoms with Crippen molar-refractivity contribution in [3.8, 4) is 11.5 Å². The summed E-state index contributed by atoms with van der Waals surface area (Å²) in [5.41, 5.74) is 0.827. The van der Waals surface area contributed by atoms with Crippen molar-refractivity contribution in [1.82, 2.24) is 4.98 Å². The van der Waals surface area contributed by atoms with Crippen LogP contribution in [0.1, 0.15) is 12.5 Å². The normalized spacial score (nSPS) is 11.5. The molecule has 144 valence electrons. The zero-order chi connectivity index (χ0) is 19.9. The van der Waals surface area contributed by atoms with Crippen LogP contribution < -0.4 is 14.4 Å². The Bertz CT molecular complexity index is 934. The van der Waals surface area contributed by atoms with E-state index in [1.807, 2.05) is 36.4 Å². The fourth-order valence-corrected chi connectivity index (χ4v) is 2.95. The highest BCUT2D eigenvalue weighted by molar-refractivity contribution is 6.31. The van der Waals surface area contributed by atoms with Gasteiger partial charge in [0.25, 0.3) is 5.91 Å². The van der Waals surface area contributed by atoms with Crippen LogP contribution in [-0.2, 0) is 11.3 Å². The van der Waals surface area contributed by atoms with E-state index >= 15 is 0 Å². The van der Waals surface area contributed by atoms with Crippen LogP contribution in [0.2, 0.25) is 5.02 Å². The Morgan fingerprint density at radius 2 is 1.71 bits per heavy atom. The van der Waals surface area contributed by atoms with E-state index in [9.17, 15) is 4.79 Å². The summed E-state index contributed by atoms with van der Waals surface area (Å²) in [6, 6.07) is 20.1. The van der Waals surface area contributed by atoms with Gasteiger partial charge < -0.3 is 9.47 Å². The summed E-state index contributed by atoms with van der Waals surface area (Å²) in [7, 11) is 1.56. The van der Waals surface area contributed by atoms with Gasteiger partial charge in [-0.05, 0) is 42.8 Å². The number of nitrogens with zero attached hydrogens (tertiary/aromatic N) is 2. The quantitative estimate of drug-likeness (QED) is 0.578. The Morgan fingerprint density at radius 3 is 2.39 bits per heavy atom. The summed E-state index contributed by atoms with van der Waals surface area (Å²) in [5.74, 6) is 1.37. The number of pyridine rings is 1. The molecule has 1 heterocycles. The maximum absolute atomic E-state index is 13.2. The number of hydrogen-bond acceptors (Lipinski definition) is 4. The molecule has 0 spiro atoms. The standard InChI is InChI=1S/C22H21ClN2O3/c1-16(28-20-12-6-5-11-19(20)27-2)22(26)25(21-13-7-8-14-24-21)15-17-9-3-4-10-18(17)23/h3-14,16H,15H2,1-2H3/t16-/m1/s1. The predicted molar refractivity (Wildman–Crippen MR) is 110 cm³/mol. The van der Waals surface area contributed by atoms with E-state index < -0.39 is 6.10 Å². The molecule has 1 aromatic heterocycles. The van der Waals surface area contributed by atoms with Gasteiger partial charge in [-0.2, -0.15) is 0 Å². The first-order valence-electron chi connectivity index (χ1n) is 8.85. The van der Waals surface area contributed by atoms with Crippen LogP contribution >= 0.6 is 11.6 Å². The number of amides is 1. The summed E-state index contributed by atoms with van der Waals surface area (Å²) >= 11 is 6.30. The Balaban J connectivity index is 1.87. The fraction of sp³-hybridized carbons (Fsp3) is 0.182. The monoisotopic (exact) mass is 396 g/mol. The SMILES string of the molecule is COc1ccccc1O[C@H](C)C(=O)N(Cc1ccccc1Cl)c1ccccn1. The van der Waals surface area contributed by atoms with Gasteiger partial charge in [-0.25, -0.2) is 4.98 Å². The molecule has 0 aliphatic heterocycles. The Kier molecular flexibility index (Phi) is 6.50. The molecule has 0 fully saturated rings. The molecule has 28 heavy (non-hydrogen) atoms. The van der Waals surface area contributed by atoms with Gasteiger partial charge in [0.2, 0.25) is 0 Å². The second kappa shape index (κ2) is 9.24. The Hall–Kier alpha value is -3.05. The zero-order valence-corrected chi connectivity index (χ0v) is 16.5. The maximum Gasteiger partial charge on any atom is 0.269 e. The fourth-order valence-electron chi connectivity index (χ4n) is 2.76. The summed E-state index contributed by atoms with van der Waals surface area (Å²) in [5, 5.41) is 0.592. The lowest BCUT2D eigenvalue weighted by molar-refractivity contribution is -0.124. The molecular formula is C22H21ClN2O3. The van der Waals surface area contributed by atoms with Gasteiger partial charge in [-0.15, -0.1) is 0 Å². The number of halogens is 1. The first-order valence-corrected chi connectivity index (χ1v) is 9.23. The molecular weight excluding hydrogens is 376 g/mol. The molecule has 0 aliphatic carbocycles. The first kappa shape index (κ1) is 19.7. The second-order valence-electron chi connectivity index (χ2n) is 6.11. The number of methoxy groups -OCH3 is 1. The van der Waals surface area contributed by atoms with E-state index in [1.54, 1.807) is 55.5 Å². The Labute approximate surface area is 169 Å². The van der Waals surface area contributed by atoms with Gasteiger partial charge in [0.15, 0.2) is 17.6 Å². The summed E-state index contributed by atoms with van der Waals surface area (Å²) in [4.78, 5) is 19.1. The predicted octanol–water partition coefficient (Wildman–Crippen LogP) is 4.74. The molecule has 3 rings (SSSR count). The molecule has 0 N–H and O–H groups in total. The lowest BCUT2D eigenvalue weighted by atomic mass is 10.2. The van der Waals surface area contributed by atoms with Crippen LogP contribution in [0.15, 0.2) is 72.9 Å². The molecule has 3 aromatic rings. The van der Waals surface area contributed by atoms with Crippen molar-refractivity contribution in [2.45, 2.75) is 19.6 Å². The molecule has 2 aromatic carbocycles. The van der Waals surface area contributed by atoms with E-state index in [2.05, 4.69) is 4.98 Å². The van der Waals surface area contributed by atoms with Crippen LogP contribution in [0, 0.1) is 0 Å². The number of carbonyl (C=O) groups excluding carboxylic acids is 1. The van der Waals surface area contributed by atoms with Gasteiger partial charge in [0.1, 0.15) is 5.82 Å². The third-order valence-electron chi connectivity index (χ3n) is 4.20. The van der Waals surface area contributed by atoms with Gasteiger partial charge in [0, 0.05) is 11.2 Å². The third-order valence-corrected chi connectivity index (χ3v) is 4.57. The first-order chi connectivity index (χ1) is 13.6. The smallest absolute Gasteiger partial charge is 0.269 e. The summed E-state index contributed by atoms with van der Waals surface area (Å²) in [6.07, 6.45) is 0.898. The van der Waals surface area contributed by atoms with Crippen LogP contribution in [-0.4, -0.2) is 24.1 Å². The third kappa shape index (κ3) is 4.61. The van der Waals surface area contributed by atoms with Crippen LogP contribution in [0.4, 0.5) is 5.82 Å². The molecule has 0 bridgehead atoms. The minimum atomic E-state index is -0.749. The van der Waals surface area contributed by atoms with E-state index in [0.717, 1.165) is 5.56 Å². The summed E-state index contributed by atoms with van der Waals surface area (Å²) in [6.45, 7) is 1.99. The van der Waals surface area contributed by atoms with E-state index in [-0.39, 0.29) is 12.5 Å². The lowest BCUT2D eigenvalue weighted by Gasteiger charge is -2.26. The van der Waals surface area contributed by atoms with Gasteiger partial charge in [0.05, 0.1) is 13.7 Å². The van der Waals surface area contributed by atoms with Crippen molar-refractivity contribution in [2.75, 3.05) is 12.0 Å². The lowest BCUT2D eigenvalue weighted by Crippen LogP contribution is -2.40. The van der Waals surface area contributed by atoms with E-state index in [4.69, 9.17) is 21.1 Å². The van der Waals surface area contributed by atoms with Crippen LogP contribution in [0.3, 0.4) is 0 Å². The van der Waals surface area contributed by atoms with Crippen molar-refractivity contribution in [3.05, 3.63) is 83.5 Å². The highest BCUT2D eigenvalue weighted by Crippen LogP contribution is 2.28. The van der Waals surface area contributed by atoms with Gasteiger partial charge in [-0.3, -0.25) is 9.69 Å². The molecule has 5 nitrogen and oxygen atoms in total. The van der Waals surface area contributed by atoms with Crippen LogP contribution in [0.25, 0.3) is 0 Å². The molecule has 1 amide bonds. The zero-order valence-electron chi connectivity index (χ0n) is 15.7. The largest absolute Gasteiger partial charge is 0.493 e. The van der Waals surface area contributed by atoms with E-state index in [1.165, 1.54) is 0 Å². The van der Waals surface area contributed by atoms with Crippen molar-refractivity contribution >= 4 is 23.3 Å². The molecule has 1 atom stereocenters. The average Bonchev–Trinajstić information content (AvgIpc) is 2.73. The molecule has 0 saturated carbocycles. The maximum atomic E-state index is 13.2. The molecule has 6 heteroatoms. The second-order valence-corrected chi connectivity index (χ2v) is 6.52. The number of aromatic nitrogens is 1. The number of rotatable bonds is 7. The molecule has 0 aliphatic rings. The minimum Gasteiger partial charge on any atom is -0.493 e. The number of anilines is 1. The number of hydrogen-bond donors (Lipinski definition) is 0. The Morgan fingerprint density at radius 1 is 1.04 bits per heavy atom. The van der Waals surface area contributed by atoms with Crippen molar-refractivity contribution in [2.24, 2.45) is 0 Å². The average molecular weight is 397 g/mol. The molecule has 0 unspecified atom stereocenters. The van der Waals surface area contributed by atoms with Gasteiger partial charge >= 0.3 is 0 Å². The van der Waals surface area contributed by atoms with Crippen molar-refractivity contribution in [1.29, 1.82) is 0 Å². The van der Waals surface area contributed by atoms with Crippen LogP contribution in [0.5, 0.6) is 11.5 Å². The highest BCUT2D eigenvalue weighted by atomic mass is 35.5. The molecule has 0 radical (unpaired) electrons. The highest BCUT2D eigenvalue weighted by Gasteiger charge is 2.26. The van der Waals surface area contributed by atoms with E-state index in [0.29, 0.717) is 22.3 Å². The molecule has 0 saturated heterocycles. The number of benzene rings is 2. The van der Waals surface area contributed by atoms with Crippen molar-refractivity contribution in [3.63, 3.8) is 0 Å². The number of para-hydroxylation sites is 2. The number of carbonyl (C=O) groups is 1.